The van der Waals surface area contributed by atoms with Gasteiger partial charge in [0.15, 0.2) is 0 Å². The third-order valence-corrected chi connectivity index (χ3v) is 1.81. The van der Waals surface area contributed by atoms with Crippen LogP contribution in [0, 0.1) is 0 Å². The van der Waals surface area contributed by atoms with Crippen molar-refractivity contribution in [1.29, 1.82) is 0 Å². The molecule has 0 aromatic heterocycles. The second-order valence-electron chi connectivity index (χ2n) is 1.64. The van der Waals surface area contributed by atoms with E-state index in [2.05, 4.69) is 0 Å². The Bertz CT molecular complexity index is 133. The van der Waals surface area contributed by atoms with E-state index in [-0.39, 0.29) is 6.61 Å². The molecular weight excluding hydrogens is 134 g/mol. The molecule has 0 amide bonds. The zero-order valence-corrected chi connectivity index (χ0v) is 5.84. The normalized spacial score (nSPS) is 16.8. The van der Waals surface area contributed by atoms with Crippen molar-refractivity contribution in [1.82, 2.24) is 4.31 Å². The summed E-state index contributed by atoms with van der Waals surface area (Å²) in [4.78, 5) is 0. The quantitative estimate of drug-likeness (QED) is 0.583. The van der Waals surface area contributed by atoms with Gasteiger partial charge in [-0.25, -0.2) is 0 Å². The van der Waals surface area contributed by atoms with Crippen molar-refractivity contribution in [2.75, 3.05) is 13.2 Å². The highest BCUT2D eigenvalue weighted by Gasteiger charge is 1.96. The summed E-state index contributed by atoms with van der Waals surface area (Å²) >= 11 is 1.59. The lowest BCUT2D eigenvalue weighted by Gasteiger charge is -2.16. The molecule has 3 heteroatoms. The molecule has 0 radical (unpaired) electrons. The fourth-order valence-corrected chi connectivity index (χ4v) is 1.21. The zero-order valence-electron chi connectivity index (χ0n) is 5.03. The molecule has 2 nitrogen and oxygen atoms in total. The monoisotopic (exact) mass is 143 g/mol. The predicted molar refractivity (Wildman–Crippen MR) is 39.7 cm³/mol. The van der Waals surface area contributed by atoms with Crippen molar-refractivity contribution in [3.8, 4) is 0 Å². The highest BCUT2D eigenvalue weighted by molar-refractivity contribution is 8.00. The largest absolute Gasteiger partial charge is 0.394 e. The van der Waals surface area contributed by atoms with Crippen molar-refractivity contribution < 1.29 is 5.11 Å². The van der Waals surface area contributed by atoms with E-state index in [0.717, 1.165) is 0 Å². The van der Waals surface area contributed by atoms with Crippen LogP contribution >= 0.6 is 11.9 Å². The molecule has 0 spiro atoms. The van der Waals surface area contributed by atoms with Crippen LogP contribution in [0.25, 0.3) is 0 Å². The van der Waals surface area contributed by atoms with Crippen LogP contribution in [0.2, 0.25) is 0 Å². The average molecular weight is 143 g/mol. The van der Waals surface area contributed by atoms with Gasteiger partial charge in [-0.05, 0) is 23.4 Å². The van der Waals surface area contributed by atoms with Gasteiger partial charge >= 0.3 is 0 Å². The van der Waals surface area contributed by atoms with E-state index in [0.29, 0.717) is 6.54 Å². The first kappa shape index (κ1) is 6.71. The molecule has 0 atom stereocenters. The molecule has 9 heavy (non-hydrogen) atoms. The second-order valence-corrected chi connectivity index (χ2v) is 2.59. The topological polar surface area (TPSA) is 23.5 Å². The molecule has 1 aliphatic rings. The van der Waals surface area contributed by atoms with Crippen LogP contribution in [0.4, 0.5) is 0 Å². The van der Waals surface area contributed by atoms with Crippen molar-refractivity contribution in [2.45, 2.75) is 0 Å². The first-order chi connectivity index (χ1) is 4.43. The molecule has 1 heterocycles. The summed E-state index contributed by atoms with van der Waals surface area (Å²) in [5.41, 5.74) is 0. The molecule has 1 N–H and O–H groups in total. The van der Waals surface area contributed by atoms with Gasteiger partial charge in [0.2, 0.25) is 0 Å². The van der Waals surface area contributed by atoms with Gasteiger partial charge in [0.05, 0.1) is 13.2 Å². The highest BCUT2D eigenvalue weighted by Crippen LogP contribution is 2.14. The minimum absolute atomic E-state index is 0.213. The van der Waals surface area contributed by atoms with E-state index >= 15 is 0 Å². The lowest BCUT2D eigenvalue weighted by molar-refractivity contribution is 0.279. The van der Waals surface area contributed by atoms with Gasteiger partial charge in [-0.1, -0.05) is 6.08 Å². The van der Waals surface area contributed by atoms with Crippen molar-refractivity contribution >= 4 is 11.9 Å². The molecule has 0 bridgehead atoms. The number of β-amino-alcohol motifs (C(OH)–C–C–N with tert-alkyl or cyclic N) is 1. The van der Waals surface area contributed by atoms with Crippen LogP contribution in [0.5, 0.6) is 0 Å². The standard InChI is InChI=1S/C6H9NOS/c8-5-4-7-3-1-2-6-9-7/h1-3,6,8H,4-5H2. The Morgan fingerprint density at radius 2 is 2.33 bits per heavy atom. The van der Waals surface area contributed by atoms with Crippen LogP contribution in [-0.4, -0.2) is 22.6 Å². The fourth-order valence-electron chi connectivity index (χ4n) is 0.565. The lowest BCUT2D eigenvalue weighted by atomic mass is 10.6. The average Bonchev–Trinajstić information content (AvgIpc) is 1.91. The van der Waals surface area contributed by atoms with Crippen LogP contribution in [0.3, 0.4) is 0 Å². The molecule has 50 valence electrons. The van der Waals surface area contributed by atoms with Crippen LogP contribution in [0.15, 0.2) is 23.8 Å². The smallest absolute Gasteiger partial charge is 0.0616 e. The Balaban J connectivity index is 2.28. The van der Waals surface area contributed by atoms with Gasteiger partial charge in [-0.3, -0.25) is 0 Å². The van der Waals surface area contributed by atoms with Gasteiger partial charge in [0.25, 0.3) is 0 Å². The molecule has 0 aromatic carbocycles. The van der Waals surface area contributed by atoms with Crippen LogP contribution < -0.4 is 0 Å². The van der Waals surface area contributed by atoms with E-state index < -0.39 is 0 Å². The lowest BCUT2D eigenvalue weighted by Crippen LogP contribution is -2.12. The summed E-state index contributed by atoms with van der Waals surface area (Å²) in [5, 5.41) is 10.5. The van der Waals surface area contributed by atoms with Crippen LogP contribution in [0.1, 0.15) is 0 Å². The van der Waals surface area contributed by atoms with E-state index in [4.69, 9.17) is 5.11 Å². The number of rotatable bonds is 2. The molecule has 0 aromatic rings. The first-order valence-corrected chi connectivity index (χ1v) is 3.65. The van der Waals surface area contributed by atoms with Crippen molar-refractivity contribution in [3.05, 3.63) is 23.8 Å². The van der Waals surface area contributed by atoms with E-state index in [1.54, 1.807) is 11.9 Å². The molecule has 1 rings (SSSR count). The molecular formula is C6H9NOS. The summed E-state index contributed by atoms with van der Waals surface area (Å²) < 4.78 is 1.97. The number of aliphatic hydroxyl groups excluding tert-OH is 1. The molecule has 1 aliphatic heterocycles. The number of hydrogen-bond acceptors (Lipinski definition) is 3. The van der Waals surface area contributed by atoms with Gasteiger partial charge in [0.1, 0.15) is 0 Å². The third-order valence-electron chi connectivity index (χ3n) is 0.959. The summed E-state index contributed by atoms with van der Waals surface area (Å²) in [5.74, 6) is 0. The maximum atomic E-state index is 8.51. The fraction of sp³-hybridized carbons (Fsp3) is 0.333. The van der Waals surface area contributed by atoms with E-state index in [1.165, 1.54) is 0 Å². The SMILES string of the molecule is OCCN1C=CC=CS1. The van der Waals surface area contributed by atoms with E-state index in [9.17, 15) is 0 Å². The molecule has 0 saturated heterocycles. The van der Waals surface area contributed by atoms with Gasteiger partial charge in [-0.2, -0.15) is 0 Å². The summed E-state index contributed by atoms with van der Waals surface area (Å²) in [6, 6.07) is 0. The summed E-state index contributed by atoms with van der Waals surface area (Å²) in [6.45, 7) is 0.913. The predicted octanol–water partition coefficient (Wildman–Crippen LogP) is 0.970. The number of allylic oxidation sites excluding steroid dienone is 2. The zero-order chi connectivity index (χ0) is 6.53. The third kappa shape index (κ3) is 2.11. The Morgan fingerprint density at radius 1 is 1.44 bits per heavy atom. The number of nitrogens with zero attached hydrogens (tertiary/aromatic N) is 1. The Labute approximate surface area is 59.0 Å². The summed E-state index contributed by atoms with van der Waals surface area (Å²) in [7, 11) is 0. The molecule has 0 aliphatic carbocycles. The Kier molecular flexibility index (Phi) is 2.67. The minimum Gasteiger partial charge on any atom is -0.394 e. The molecule has 0 fully saturated rings. The minimum atomic E-state index is 0.213. The highest BCUT2D eigenvalue weighted by atomic mass is 32.2. The Hall–Kier alpha value is -0.410. The number of aliphatic hydroxyl groups is 1. The van der Waals surface area contributed by atoms with Gasteiger partial charge in [-0.15, -0.1) is 0 Å². The van der Waals surface area contributed by atoms with E-state index in [1.807, 2.05) is 28.1 Å². The van der Waals surface area contributed by atoms with Crippen molar-refractivity contribution in [2.24, 2.45) is 0 Å². The molecule has 0 unspecified atom stereocenters. The van der Waals surface area contributed by atoms with Crippen LogP contribution in [-0.2, 0) is 0 Å². The van der Waals surface area contributed by atoms with Gasteiger partial charge in [0, 0.05) is 6.20 Å². The van der Waals surface area contributed by atoms with Gasteiger partial charge < -0.3 is 9.41 Å². The maximum absolute atomic E-state index is 8.51. The summed E-state index contributed by atoms with van der Waals surface area (Å²) in [6.07, 6.45) is 5.87. The Morgan fingerprint density at radius 3 is 2.89 bits per heavy atom. The second kappa shape index (κ2) is 3.58. The number of hydrogen-bond donors (Lipinski definition) is 1. The first-order valence-electron chi connectivity index (χ1n) is 2.81. The van der Waals surface area contributed by atoms with Crippen molar-refractivity contribution in [3.63, 3.8) is 0 Å². The maximum Gasteiger partial charge on any atom is 0.0616 e. The molecule has 0 saturated carbocycles.